The van der Waals surface area contributed by atoms with Gasteiger partial charge in [0.1, 0.15) is 11.3 Å². The zero-order valence-electron chi connectivity index (χ0n) is 13.5. The molecule has 0 aliphatic rings. The smallest absolute Gasteiger partial charge is 0.264 e. The van der Waals surface area contributed by atoms with Crippen molar-refractivity contribution in [2.45, 2.75) is 13.3 Å². The van der Waals surface area contributed by atoms with Crippen molar-refractivity contribution in [1.29, 1.82) is 0 Å². The molecule has 2 aromatic carbocycles. The lowest BCUT2D eigenvalue weighted by Crippen LogP contribution is -2.07. The second-order valence-corrected chi connectivity index (χ2v) is 8.24. The van der Waals surface area contributed by atoms with Gasteiger partial charge in [0.05, 0.1) is 0 Å². The van der Waals surface area contributed by atoms with Crippen LogP contribution in [0.2, 0.25) is 0 Å². The monoisotopic (exact) mass is 369 g/mol. The van der Waals surface area contributed by atoms with Crippen molar-refractivity contribution in [1.82, 2.24) is 4.98 Å². The average Bonchev–Trinajstić information content (AvgIpc) is 3.03. The van der Waals surface area contributed by atoms with Crippen molar-refractivity contribution >= 4 is 23.8 Å². The van der Waals surface area contributed by atoms with Gasteiger partial charge in [-0.3, -0.25) is 4.57 Å². The molecule has 0 N–H and O–H groups in total. The van der Waals surface area contributed by atoms with E-state index in [9.17, 15) is 17.7 Å². The number of nitrogens with zero attached hydrogens (tertiary/aromatic N) is 1. The van der Waals surface area contributed by atoms with Gasteiger partial charge in [-0.05, 0) is 36.4 Å². The molecule has 132 valence electrons. The summed E-state index contributed by atoms with van der Waals surface area (Å²) in [4.78, 5) is 4.20. The summed E-state index contributed by atoms with van der Waals surface area (Å²) < 4.78 is 62.9. The standard InChI is InChI=1S/C17H15F3NO3P/c1-3-25(22,23-2)11-5-7-15-14(9-11)21-17(24-15)12-6-4-10(18)8-13(12)16(19)20/h4-9,16H,3H2,1-2H3. The number of hydrogen-bond donors (Lipinski definition) is 0. The van der Waals surface area contributed by atoms with E-state index in [1.165, 1.54) is 13.2 Å². The summed E-state index contributed by atoms with van der Waals surface area (Å²) in [6, 6.07) is 7.75. The van der Waals surface area contributed by atoms with Crippen LogP contribution in [0.1, 0.15) is 18.9 Å². The number of fused-ring (bicyclic) bond motifs is 1. The van der Waals surface area contributed by atoms with Crippen LogP contribution in [0.15, 0.2) is 40.8 Å². The number of rotatable bonds is 5. The molecule has 0 radical (unpaired) electrons. The SMILES string of the molecule is CCP(=O)(OC)c1ccc2oc(-c3ccc(F)cc3C(F)F)nc2c1. The molecule has 3 rings (SSSR count). The maximum absolute atomic E-state index is 13.3. The zero-order chi connectivity index (χ0) is 18.2. The molecule has 0 aliphatic carbocycles. The first-order valence-corrected chi connectivity index (χ1v) is 9.33. The molecule has 1 unspecified atom stereocenters. The first kappa shape index (κ1) is 17.7. The molecule has 0 saturated heterocycles. The van der Waals surface area contributed by atoms with Crippen LogP contribution in [0.4, 0.5) is 13.2 Å². The number of hydrogen-bond acceptors (Lipinski definition) is 4. The lowest BCUT2D eigenvalue weighted by Gasteiger charge is -2.13. The van der Waals surface area contributed by atoms with Crippen LogP contribution in [0.5, 0.6) is 0 Å². The van der Waals surface area contributed by atoms with E-state index >= 15 is 0 Å². The minimum absolute atomic E-state index is 0.0135. The topological polar surface area (TPSA) is 52.3 Å². The van der Waals surface area contributed by atoms with Gasteiger partial charge < -0.3 is 8.94 Å². The highest BCUT2D eigenvalue weighted by Gasteiger charge is 2.24. The van der Waals surface area contributed by atoms with Gasteiger partial charge in [-0.25, -0.2) is 18.2 Å². The van der Waals surface area contributed by atoms with Crippen LogP contribution in [-0.2, 0) is 9.09 Å². The molecule has 0 amide bonds. The Morgan fingerprint density at radius 2 is 2.00 bits per heavy atom. The van der Waals surface area contributed by atoms with E-state index < -0.39 is 25.2 Å². The molecule has 0 fully saturated rings. The van der Waals surface area contributed by atoms with Gasteiger partial charge in [-0.2, -0.15) is 0 Å². The van der Waals surface area contributed by atoms with Crippen LogP contribution < -0.4 is 5.30 Å². The molecule has 0 aliphatic heterocycles. The molecular weight excluding hydrogens is 354 g/mol. The van der Waals surface area contributed by atoms with E-state index in [4.69, 9.17) is 8.94 Å². The van der Waals surface area contributed by atoms with E-state index in [1.807, 2.05) is 0 Å². The predicted octanol–water partition coefficient (Wildman–Crippen LogP) is 5.14. The van der Waals surface area contributed by atoms with E-state index in [0.717, 1.165) is 12.1 Å². The van der Waals surface area contributed by atoms with Crippen LogP contribution in [0, 0.1) is 5.82 Å². The lowest BCUT2D eigenvalue weighted by atomic mass is 10.1. The predicted molar refractivity (Wildman–Crippen MR) is 89.2 cm³/mol. The second kappa shape index (κ2) is 6.65. The van der Waals surface area contributed by atoms with Crippen molar-refractivity contribution in [3.63, 3.8) is 0 Å². The number of halogens is 3. The molecule has 3 aromatic rings. The number of aromatic nitrogens is 1. The maximum Gasteiger partial charge on any atom is 0.264 e. The van der Waals surface area contributed by atoms with Gasteiger partial charge in [-0.15, -0.1) is 0 Å². The fraction of sp³-hybridized carbons (Fsp3) is 0.235. The minimum Gasteiger partial charge on any atom is -0.436 e. The number of oxazole rings is 1. The Bertz CT molecular complexity index is 963. The average molecular weight is 369 g/mol. The molecule has 0 saturated carbocycles. The third-order valence-corrected chi connectivity index (χ3v) is 6.44. The molecule has 1 atom stereocenters. The van der Waals surface area contributed by atoms with Gasteiger partial charge in [-0.1, -0.05) is 6.92 Å². The van der Waals surface area contributed by atoms with E-state index in [1.54, 1.807) is 25.1 Å². The fourth-order valence-electron chi connectivity index (χ4n) is 2.57. The number of benzene rings is 2. The first-order chi connectivity index (χ1) is 11.9. The molecule has 1 aromatic heterocycles. The van der Waals surface area contributed by atoms with E-state index in [-0.39, 0.29) is 11.5 Å². The summed E-state index contributed by atoms with van der Waals surface area (Å²) in [6.07, 6.45) is -2.56. The van der Waals surface area contributed by atoms with Gasteiger partial charge in [0, 0.05) is 29.7 Å². The van der Waals surface area contributed by atoms with Gasteiger partial charge in [0.25, 0.3) is 6.43 Å². The Balaban J connectivity index is 2.13. The van der Waals surface area contributed by atoms with E-state index in [0.29, 0.717) is 22.6 Å². The molecular formula is C17H15F3NO3P. The van der Waals surface area contributed by atoms with Gasteiger partial charge >= 0.3 is 0 Å². The summed E-state index contributed by atoms with van der Waals surface area (Å²) in [5, 5.41) is 0.470. The largest absolute Gasteiger partial charge is 0.436 e. The quantitative estimate of drug-likeness (QED) is 0.584. The highest BCUT2D eigenvalue weighted by atomic mass is 31.2. The van der Waals surface area contributed by atoms with Crippen molar-refractivity contribution in [2.75, 3.05) is 13.3 Å². The maximum atomic E-state index is 13.3. The highest BCUT2D eigenvalue weighted by Crippen LogP contribution is 2.44. The summed E-state index contributed by atoms with van der Waals surface area (Å²) in [5.74, 6) is -0.812. The third kappa shape index (κ3) is 3.22. The summed E-state index contributed by atoms with van der Waals surface area (Å²) >= 11 is 0. The number of alkyl halides is 2. The molecule has 8 heteroatoms. The minimum atomic E-state index is -2.98. The molecule has 1 heterocycles. The van der Waals surface area contributed by atoms with Gasteiger partial charge in [0.2, 0.25) is 13.3 Å². The van der Waals surface area contributed by atoms with Crippen molar-refractivity contribution in [3.8, 4) is 11.5 Å². The van der Waals surface area contributed by atoms with Crippen molar-refractivity contribution < 1.29 is 26.7 Å². The van der Waals surface area contributed by atoms with Gasteiger partial charge in [0.15, 0.2) is 5.58 Å². The summed E-state index contributed by atoms with van der Waals surface area (Å²) in [6.45, 7) is 1.75. The van der Waals surface area contributed by atoms with Crippen molar-refractivity contribution in [2.24, 2.45) is 0 Å². The molecule has 0 spiro atoms. The summed E-state index contributed by atoms with van der Waals surface area (Å²) in [5.41, 5.74) is 0.229. The molecule has 4 nitrogen and oxygen atoms in total. The van der Waals surface area contributed by atoms with E-state index in [2.05, 4.69) is 4.98 Å². The van der Waals surface area contributed by atoms with Crippen LogP contribution in [0.25, 0.3) is 22.6 Å². The molecule has 0 bridgehead atoms. The lowest BCUT2D eigenvalue weighted by molar-refractivity contribution is 0.151. The highest BCUT2D eigenvalue weighted by molar-refractivity contribution is 7.66. The van der Waals surface area contributed by atoms with Crippen LogP contribution >= 0.6 is 7.37 Å². The Kier molecular flexibility index (Phi) is 4.71. The van der Waals surface area contributed by atoms with Crippen LogP contribution in [0.3, 0.4) is 0 Å². The zero-order valence-corrected chi connectivity index (χ0v) is 14.4. The summed E-state index contributed by atoms with van der Waals surface area (Å²) in [7, 11) is -1.61. The fourth-order valence-corrected chi connectivity index (χ4v) is 4.02. The Hall–Kier alpha value is -2.11. The van der Waals surface area contributed by atoms with Crippen molar-refractivity contribution in [3.05, 3.63) is 47.8 Å². The van der Waals surface area contributed by atoms with Crippen LogP contribution in [-0.4, -0.2) is 18.3 Å². The second-order valence-electron chi connectivity index (χ2n) is 5.38. The first-order valence-electron chi connectivity index (χ1n) is 7.52. The Morgan fingerprint density at radius 1 is 1.24 bits per heavy atom. The third-order valence-electron chi connectivity index (χ3n) is 3.95. The Labute approximate surface area is 142 Å². The Morgan fingerprint density at radius 3 is 2.64 bits per heavy atom. The normalized spacial score (nSPS) is 14.2. The molecule has 25 heavy (non-hydrogen) atoms.